The molecular formula is C20H16N6. The van der Waals surface area contributed by atoms with Crippen LogP contribution in [0, 0.1) is 0 Å². The molecule has 0 amide bonds. The summed E-state index contributed by atoms with van der Waals surface area (Å²) in [6, 6.07) is 11.8. The molecule has 6 nitrogen and oxygen atoms in total. The van der Waals surface area contributed by atoms with Crippen molar-refractivity contribution >= 4 is 57.7 Å². The summed E-state index contributed by atoms with van der Waals surface area (Å²) >= 11 is 0. The lowest BCUT2D eigenvalue weighted by Crippen LogP contribution is -1.89. The number of aromatic nitrogens is 4. The standard InChI is InChI=1S/C20H16N6/c21-19-17-9-15-5-3-13(24-15)7-11-1-2-12(23-11)8-14-4-6-16(25-14)10-18(26-17)20(19)22/h1-10,23,26H,21-22H2. The zero-order chi connectivity index (χ0) is 17.7. The van der Waals surface area contributed by atoms with E-state index in [-0.39, 0.29) is 0 Å². The van der Waals surface area contributed by atoms with Gasteiger partial charge in [-0.15, -0.1) is 0 Å². The Hall–Kier alpha value is -3.80. The minimum Gasteiger partial charge on any atom is -0.395 e. The van der Waals surface area contributed by atoms with Gasteiger partial charge in [-0.1, -0.05) is 0 Å². The second-order valence-electron chi connectivity index (χ2n) is 6.32. The third-order valence-electron chi connectivity index (χ3n) is 4.43. The smallest absolute Gasteiger partial charge is 0.0809 e. The highest BCUT2D eigenvalue weighted by atomic mass is 14.8. The van der Waals surface area contributed by atoms with E-state index < -0.39 is 0 Å². The fraction of sp³-hybridized carbons (Fsp3) is 0. The Labute approximate surface area is 148 Å². The van der Waals surface area contributed by atoms with Crippen LogP contribution < -0.4 is 11.5 Å². The van der Waals surface area contributed by atoms with E-state index in [1.54, 1.807) is 0 Å². The number of hydrogen-bond donors (Lipinski definition) is 4. The zero-order valence-electron chi connectivity index (χ0n) is 13.8. The van der Waals surface area contributed by atoms with Gasteiger partial charge in [-0.25, -0.2) is 9.97 Å². The molecule has 6 N–H and O–H groups in total. The summed E-state index contributed by atoms with van der Waals surface area (Å²) in [6.45, 7) is 0. The van der Waals surface area contributed by atoms with Gasteiger partial charge in [0.1, 0.15) is 0 Å². The second kappa shape index (κ2) is 5.35. The van der Waals surface area contributed by atoms with Gasteiger partial charge in [-0.2, -0.15) is 0 Å². The molecule has 0 saturated heterocycles. The van der Waals surface area contributed by atoms with Gasteiger partial charge >= 0.3 is 0 Å². The van der Waals surface area contributed by atoms with Gasteiger partial charge < -0.3 is 21.4 Å². The van der Waals surface area contributed by atoms with E-state index in [1.807, 2.05) is 60.7 Å². The Morgan fingerprint density at radius 1 is 0.577 bits per heavy atom. The molecule has 5 heterocycles. The van der Waals surface area contributed by atoms with E-state index in [2.05, 4.69) is 19.9 Å². The SMILES string of the molecule is Nc1c(N)c2cc3nc(cc4ccc(cc5nc(cc1[nH]2)C=C5)[nH]4)C=C3. The van der Waals surface area contributed by atoms with Crippen LogP contribution in [0.25, 0.3) is 46.4 Å². The Balaban J connectivity index is 1.89. The van der Waals surface area contributed by atoms with Crippen molar-refractivity contribution < 1.29 is 0 Å². The number of nitrogens with one attached hydrogen (secondary N) is 2. The van der Waals surface area contributed by atoms with Gasteiger partial charge in [-0.05, 0) is 60.7 Å². The highest BCUT2D eigenvalue weighted by Crippen LogP contribution is 2.27. The summed E-state index contributed by atoms with van der Waals surface area (Å²) in [5, 5.41) is 0. The molecule has 0 radical (unpaired) electrons. The van der Waals surface area contributed by atoms with Crippen LogP contribution in [0.3, 0.4) is 0 Å². The minimum absolute atomic E-state index is 0.515. The molecule has 8 bridgehead atoms. The van der Waals surface area contributed by atoms with Crippen molar-refractivity contribution in [2.45, 2.75) is 0 Å². The molecule has 126 valence electrons. The monoisotopic (exact) mass is 340 g/mol. The van der Waals surface area contributed by atoms with E-state index in [4.69, 9.17) is 11.5 Å². The van der Waals surface area contributed by atoms with Crippen LogP contribution in [0.5, 0.6) is 0 Å². The molecule has 0 atom stereocenters. The van der Waals surface area contributed by atoms with Crippen molar-refractivity contribution in [2.75, 3.05) is 11.5 Å². The first-order valence-electron chi connectivity index (χ1n) is 8.26. The molecule has 6 heteroatoms. The first kappa shape index (κ1) is 14.5. The van der Waals surface area contributed by atoms with Gasteiger partial charge in [-0.3, -0.25) is 0 Å². The molecule has 0 saturated carbocycles. The Bertz CT molecular complexity index is 1160. The van der Waals surface area contributed by atoms with Gasteiger partial charge in [0.25, 0.3) is 0 Å². The second-order valence-corrected chi connectivity index (χ2v) is 6.32. The first-order chi connectivity index (χ1) is 12.6. The molecule has 2 aliphatic rings. The normalized spacial score (nSPS) is 12.6. The molecule has 26 heavy (non-hydrogen) atoms. The molecule has 3 aromatic rings. The lowest BCUT2D eigenvalue weighted by Gasteiger charge is -1.89. The van der Waals surface area contributed by atoms with Crippen molar-refractivity contribution in [2.24, 2.45) is 0 Å². The molecule has 0 fully saturated rings. The van der Waals surface area contributed by atoms with Crippen LogP contribution in [0.2, 0.25) is 0 Å². The van der Waals surface area contributed by atoms with E-state index in [0.717, 1.165) is 44.8 Å². The highest BCUT2D eigenvalue weighted by Gasteiger charge is 2.07. The van der Waals surface area contributed by atoms with Gasteiger partial charge in [0.05, 0.1) is 45.2 Å². The highest BCUT2D eigenvalue weighted by molar-refractivity contribution is 5.95. The van der Waals surface area contributed by atoms with Crippen molar-refractivity contribution in [3.8, 4) is 0 Å². The van der Waals surface area contributed by atoms with Crippen LogP contribution in [-0.4, -0.2) is 19.9 Å². The maximum Gasteiger partial charge on any atom is 0.0809 e. The van der Waals surface area contributed by atoms with Crippen LogP contribution in [-0.2, 0) is 0 Å². The number of anilines is 2. The molecule has 2 aliphatic heterocycles. The molecule has 0 spiro atoms. The quantitative estimate of drug-likeness (QED) is 0.343. The fourth-order valence-electron chi connectivity index (χ4n) is 3.12. The number of aromatic amines is 2. The van der Waals surface area contributed by atoms with Gasteiger partial charge in [0.15, 0.2) is 0 Å². The number of H-pyrrole nitrogens is 2. The summed E-state index contributed by atoms with van der Waals surface area (Å²) in [5.41, 5.74) is 20.2. The van der Waals surface area contributed by atoms with E-state index in [1.165, 1.54) is 0 Å². The van der Waals surface area contributed by atoms with Crippen LogP contribution >= 0.6 is 0 Å². The van der Waals surface area contributed by atoms with Crippen LogP contribution in [0.15, 0.2) is 36.4 Å². The molecule has 3 aromatic heterocycles. The third kappa shape index (κ3) is 2.44. The Kier molecular flexibility index (Phi) is 2.99. The maximum absolute atomic E-state index is 6.16. The summed E-state index contributed by atoms with van der Waals surface area (Å²) in [4.78, 5) is 15.8. The van der Waals surface area contributed by atoms with Crippen LogP contribution in [0.1, 0.15) is 22.8 Å². The summed E-state index contributed by atoms with van der Waals surface area (Å²) in [7, 11) is 0. The molecule has 0 unspecified atom stereocenters. The number of rotatable bonds is 0. The Morgan fingerprint density at radius 2 is 1.00 bits per heavy atom. The predicted molar refractivity (Wildman–Crippen MR) is 108 cm³/mol. The molecular weight excluding hydrogens is 324 g/mol. The van der Waals surface area contributed by atoms with Crippen molar-refractivity contribution in [1.82, 2.24) is 19.9 Å². The first-order valence-corrected chi connectivity index (χ1v) is 8.26. The lowest BCUT2D eigenvalue weighted by atomic mass is 10.3. The minimum atomic E-state index is 0.515. The van der Waals surface area contributed by atoms with E-state index in [0.29, 0.717) is 11.4 Å². The number of nitrogens with zero attached hydrogens (tertiary/aromatic N) is 2. The molecule has 5 rings (SSSR count). The van der Waals surface area contributed by atoms with E-state index >= 15 is 0 Å². The van der Waals surface area contributed by atoms with Crippen LogP contribution in [0.4, 0.5) is 11.4 Å². The largest absolute Gasteiger partial charge is 0.395 e. The average molecular weight is 340 g/mol. The summed E-state index contributed by atoms with van der Waals surface area (Å²) in [5.74, 6) is 0. The fourth-order valence-corrected chi connectivity index (χ4v) is 3.12. The average Bonchev–Trinajstić information content (AvgIpc) is 3.38. The number of hydrogen-bond acceptors (Lipinski definition) is 4. The van der Waals surface area contributed by atoms with E-state index in [9.17, 15) is 0 Å². The van der Waals surface area contributed by atoms with Crippen molar-refractivity contribution in [3.63, 3.8) is 0 Å². The summed E-state index contributed by atoms with van der Waals surface area (Å²) in [6.07, 6.45) is 7.83. The lowest BCUT2D eigenvalue weighted by molar-refractivity contribution is 1.31. The maximum atomic E-state index is 6.16. The zero-order valence-corrected chi connectivity index (χ0v) is 13.8. The molecule has 0 aliphatic carbocycles. The van der Waals surface area contributed by atoms with Gasteiger partial charge in [0, 0.05) is 11.0 Å². The van der Waals surface area contributed by atoms with Gasteiger partial charge in [0.2, 0.25) is 0 Å². The third-order valence-corrected chi connectivity index (χ3v) is 4.43. The number of fused-ring (bicyclic) bond motifs is 8. The summed E-state index contributed by atoms with van der Waals surface area (Å²) < 4.78 is 0. The topological polar surface area (TPSA) is 109 Å². The van der Waals surface area contributed by atoms with Crippen molar-refractivity contribution in [1.29, 1.82) is 0 Å². The number of nitrogen functional groups attached to an aromatic ring is 2. The Morgan fingerprint density at radius 3 is 1.46 bits per heavy atom. The molecule has 0 aromatic carbocycles. The number of nitrogens with two attached hydrogens (primary N) is 2. The van der Waals surface area contributed by atoms with Crippen molar-refractivity contribution in [3.05, 3.63) is 59.2 Å². The predicted octanol–water partition coefficient (Wildman–Crippen LogP) is 3.82.